The molecule has 0 aliphatic heterocycles. The van der Waals surface area contributed by atoms with Crippen LogP contribution in [0.3, 0.4) is 0 Å². The molecule has 1 aromatic carbocycles. The van der Waals surface area contributed by atoms with Gasteiger partial charge in [0.2, 0.25) is 0 Å². The van der Waals surface area contributed by atoms with Gasteiger partial charge in [0.25, 0.3) is 0 Å². The van der Waals surface area contributed by atoms with Crippen molar-refractivity contribution in [2.24, 2.45) is 11.3 Å². The highest BCUT2D eigenvalue weighted by atomic mass is 16.5. The number of rotatable bonds is 4. The zero-order valence-corrected chi connectivity index (χ0v) is 13.3. The molecule has 0 radical (unpaired) electrons. The van der Waals surface area contributed by atoms with Crippen molar-refractivity contribution in [3.8, 4) is 5.75 Å². The molecule has 0 bridgehead atoms. The van der Waals surface area contributed by atoms with Crippen LogP contribution in [0.15, 0.2) is 24.3 Å². The highest BCUT2D eigenvalue weighted by Crippen LogP contribution is 2.45. The minimum Gasteiger partial charge on any atom is -0.497 e. The Morgan fingerprint density at radius 1 is 1.29 bits per heavy atom. The second kappa shape index (κ2) is 5.58. The molecule has 1 aliphatic rings. The standard InChI is InChI=1S/C17H25NO3/c1-12-9-16(2,3)11-17(10-12,15(19)20)18-13-5-7-14(21-4)8-6-13/h5-8,12,18H,9-11H2,1-4H3,(H,19,20). The Balaban J connectivity index is 2.27. The number of ether oxygens (including phenoxy) is 1. The number of carboxylic acid groups (broad SMARTS) is 1. The van der Waals surface area contributed by atoms with Gasteiger partial charge in [0.1, 0.15) is 11.3 Å². The first kappa shape index (κ1) is 15.7. The maximum atomic E-state index is 11.9. The van der Waals surface area contributed by atoms with Crippen LogP contribution in [0.2, 0.25) is 0 Å². The van der Waals surface area contributed by atoms with Gasteiger partial charge in [-0.15, -0.1) is 0 Å². The van der Waals surface area contributed by atoms with E-state index in [4.69, 9.17) is 4.74 Å². The van der Waals surface area contributed by atoms with Crippen LogP contribution >= 0.6 is 0 Å². The Morgan fingerprint density at radius 2 is 1.90 bits per heavy atom. The van der Waals surface area contributed by atoms with E-state index < -0.39 is 11.5 Å². The predicted molar refractivity (Wildman–Crippen MR) is 83.8 cm³/mol. The minimum absolute atomic E-state index is 0.0233. The van der Waals surface area contributed by atoms with Gasteiger partial charge in [0.15, 0.2) is 0 Å². The first-order valence-electron chi connectivity index (χ1n) is 7.42. The van der Waals surface area contributed by atoms with Gasteiger partial charge in [-0.3, -0.25) is 0 Å². The Kier molecular flexibility index (Phi) is 4.17. The number of hydrogen-bond acceptors (Lipinski definition) is 3. The fraction of sp³-hybridized carbons (Fsp3) is 0.588. The van der Waals surface area contributed by atoms with Crippen LogP contribution in [0.4, 0.5) is 5.69 Å². The summed E-state index contributed by atoms with van der Waals surface area (Å²) in [6.07, 6.45) is 2.34. The lowest BCUT2D eigenvalue weighted by molar-refractivity contribution is -0.145. The molecule has 2 rings (SSSR count). The van der Waals surface area contributed by atoms with E-state index in [0.717, 1.165) is 17.9 Å². The van der Waals surface area contributed by atoms with E-state index in [1.54, 1.807) is 7.11 Å². The molecule has 116 valence electrons. The first-order valence-corrected chi connectivity index (χ1v) is 7.42. The second-order valence-corrected chi connectivity index (χ2v) is 7.10. The van der Waals surface area contributed by atoms with E-state index in [9.17, 15) is 9.90 Å². The summed E-state index contributed by atoms with van der Waals surface area (Å²) in [4.78, 5) is 11.9. The average molecular weight is 291 g/mol. The van der Waals surface area contributed by atoms with Crippen LogP contribution in [0, 0.1) is 11.3 Å². The summed E-state index contributed by atoms with van der Waals surface area (Å²) < 4.78 is 5.14. The lowest BCUT2D eigenvalue weighted by atomic mass is 9.64. The molecule has 21 heavy (non-hydrogen) atoms. The molecule has 1 aliphatic carbocycles. The molecule has 4 nitrogen and oxygen atoms in total. The van der Waals surface area contributed by atoms with Gasteiger partial charge >= 0.3 is 5.97 Å². The molecule has 2 atom stereocenters. The molecular formula is C17H25NO3. The number of anilines is 1. The van der Waals surface area contributed by atoms with Gasteiger partial charge in [0.05, 0.1) is 7.11 Å². The zero-order valence-electron chi connectivity index (χ0n) is 13.3. The van der Waals surface area contributed by atoms with Crippen LogP contribution in [0.25, 0.3) is 0 Å². The lowest BCUT2D eigenvalue weighted by Gasteiger charge is -2.46. The van der Waals surface area contributed by atoms with Crippen LogP contribution in [0.5, 0.6) is 5.75 Å². The van der Waals surface area contributed by atoms with Crippen LogP contribution < -0.4 is 10.1 Å². The molecule has 0 amide bonds. The van der Waals surface area contributed by atoms with E-state index in [1.165, 1.54) is 0 Å². The van der Waals surface area contributed by atoms with Crippen LogP contribution in [0.1, 0.15) is 40.0 Å². The van der Waals surface area contributed by atoms with Crippen molar-refractivity contribution >= 4 is 11.7 Å². The maximum absolute atomic E-state index is 11.9. The SMILES string of the molecule is COc1ccc(NC2(C(=O)O)CC(C)CC(C)(C)C2)cc1. The number of methoxy groups -OCH3 is 1. The molecule has 2 unspecified atom stereocenters. The Bertz CT molecular complexity index is 509. The molecule has 4 heteroatoms. The third kappa shape index (κ3) is 3.49. The lowest BCUT2D eigenvalue weighted by Crippen LogP contribution is -2.53. The largest absolute Gasteiger partial charge is 0.497 e. The third-order valence-corrected chi connectivity index (χ3v) is 4.26. The van der Waals surface area contributed by atoms with E-state index in [1.807, 2.05) is 24.3 Å². The van der Waals surface area contributed by atoms with Gasteiger partial charge in [-0.25, -0.2) is 4.79 Å². The molecule has 1 saturated carbocycles. The van der Waals surface area contributed by atoms with Gasteiger partial charge < -0.3 is 15.2 Å². The van der Waals surface area contributed by atoms with Crippen molar-refractivity contribution in [3.63, 3.8) is 0 Å². The van der Waals surface area contributed by atoms with Crippen LogP contribution in [-0.2, 0) is 4.79 Å². The smallest absolute Gasteiger partial charge is 0.329 e. The summed E-state index contributed by atoms with van der Waals surface area (Å²) in [7, 11) is 1.62. The maximum Gasteiger partial charge on any atom is 0.329 e. The van der Waals surface area contributed by atoms with Gasteiger partial charge in [0, 0.05) is 5.69 Å². The summed E-state index contributed by atoms with van der Waals surface area (Å²) in [5, 5.41) is 13.1. The van der Waals surface area contributed by atoms with E-state index >= 15 is 0 Å². The molecule has 1 fully saturated rings. The monoisotopic (exact) mass is 291 g/mol. The van der Waals surface area contributed by atoms with Crippen molar-refractivity contribution in [1.82, 2.24) is 0 Å². The second-order valence-electron chi connectivity index (χ2n) is 7.10. The molecular weight excluding hydrogens is 266 g/mol. The summed E-state index contributed by atoms with van der Waals surface area (Å²) >= 11 is 0. The highest BCUT2D eigenvalue weighted by Gasteiger charge is 2.48. The molecule has 2 N–H and O–H groups in total. The van der Waals surface area contributed by atoms with E-state index in [0.29, 0.717) is 18.8 Å². The molecule has 1 aromatic rings. The van der Waals surface area contributed by atoms with Gasteiger partial charge in [-0.2, -0.15) is 0 Å². The third-order valence-electron chi connectivity index (χ3n) is 4.26. The zero-order chi connectivity index (χ0) is 15.7. The fourth-order valence-corrected chi connectivity index (χ4v) is 3.83. The number of nitrogens with one attached hydrogen (secondary N) is 1. The summed E-state index contributed by atoms with van der Waals surface area (Å²) in [5.41, 5.74) is -0.0474. The number of carbonyl (C=O) groups is 1. The first-order chi connectivity index (χ1) is 9.76. The predicted octanol–water partition coefficient (Wildman–Crippen LogP) is 3.78. The van der Waals surface area contributed by atoms with Crippen molar-refractivity contribution in [3.05, 3.63) is 24.3 Å². The minimum atomic E-state index is -0.893. The Hall–Kier alpha value is -1.71. The van der Waals surface area contributed by atoms with E-state index in [-0.39, 0.29) is 5.41 Å². The van der Waals surface area contributed by atoms with Crippen molar-refractivity contribution in [1.29, 1.82) is 0 Å². The fourth-order valence-electron chi connectivity index (χ4n) is 3.83. The average Bonchev–Trinajstić information content (AvgIpc) is 2.37. The normalized spacial score (nSPS) is 27.9. The summed E-state index contributed by atoms with van der Waals surface area (Å²) in [6, 6.07) is 7.43. The van der Waals surface area contributed by atoms with Crippen molar-refractivity contribution in [2.75, 3.05) is 12.4 Å². The summed E-state index contributed by atoms with van der Waals surface area (Å²) in [5.74, 6) is 0.385. The Labute approximate surface area is 126 Å². The number of hydrogen-bond donors (Lipinski definition) is 2. The topological polar surface area (TPSA) is 58.6 Å². The quantitative estimate of drug-likeness (QED) is 0.886. The van der Waals surface area contributed by atoms with Crippen molar-refractivity contribution < 1.29 is 14.6 Å². The number of aliphatic carboxylic acids is 1. The number of benzene rings is 1. The van der Waals surface area contributed by atoms with Crippen LogP contribution in [-0.4, -0.2) is 23.7 Å². The highest BCUT2D eigenvalue weighted by molar-refractivity contribution is 5.83. The molecule has 0 aromatic heterocycles. The number of carboxylic acids is 1. The van der Waals surface area contributed by atoms with Crippen molar-refractivity contribution in [2.45, 2.75) is 45.6 Å². The van der Waals surface area contributed by atoms with Gasteiger partial charge in [-0.1, -0.05) is 20.8 Å². The molecule has 0 heterocycles. The molecule has 0 spiro atoms. The molecule has 0 saturated heterocycles. The van der Waals surface area contributed by atoms with E-state index in [2.05, 4.69) is 26.1 Å². The van der Waals surface area contributed by atoms with Gasteiger partial charge in [-0.05, 0) is 54.9 Å². The summed E-state index contributed by atoms with van der Waals surface area (Å²) in [6.45, 7) is 6.43. The Morgan fingerprint density at radius 3 is 2.38 bits per heavy atom.